The van der Waals surface area contributed by atoms with Gasteiger partial charge in [-0.25, -0.2) is 4.79 Å². The Labute approximate surface area is 143 Å². The Hall–Kier alpha value is -2.24. The Morgan fingerprint density at radius 2 is 1.88 bits per heavy atom. The molecule has 0 aliphatic rings. The van der Waals surface area contributed by atoms with Gasteiger partial charge >= 0.3 is 11.9 Å². The highest BCUT2D eigenvalue weighted by atomic mass is 16.7. The highest BCUT2D eigenvalue weighted by molar-refractivity contribution is 5.93. The molecular weight excluding hydrogens is 310 g/mol. The second-order valence-electron chi connectivity index (χ2n) is 5.61. The molecule has 2 N–H and O–H groups in total. The molecule has 6 heteroatoms. The Morgan fingerprint density at radius 3 is 2.54 bits per heavy atom. The summed E-state index contributed by atoms with van der Waals surface area (Å²) in [5.41, 5.74) is 0.681. The molecule has 0 spiro atoms. The maximum Gasteiger partial charge on any atom is 0.345 e. The van der Waals surface area contributed by atoms with Crippen LogP contribution in [0.1, 0.15) is 62.7 Å². The third-order valence-electron chi connectivity index (χ3n) is 3.56. The monoisotopic (exact) mass is 337 g/mol. The molecule has 0 aliphatic heterocycles. The summed E-state index contributed by atoms with van der Waals surface area (Å²) >= 11 is 0. The van der Waals surface area contributed by atoms with Crippen molar-refractivity contribution in [3.63, 3.8) is 0 Å². The fourth-order valence-electron chi connectivity index (χ4n) is 2.21. The van der Waals surface area contributed by atoms with Crippen molar-refractivity contribution < 1.29 is 24.2 Å². The molecule has 1 aromatic rings. The van der Waals surface area contributed by atoms with E-state index in [1.54, 1.807) is 13.1 Å². The van der Waals surface area contributed by atoms with E-state index in [0.29, 0.717) is 12.1 Å². The van der Waals surface area contributed by atoms with Crippen molar-refractivity contribution in [3.8, 4) is 5.75 Å². The zero-order chi connectivity index (χ0) is 17.9. The average Bonchev–Trinajstić information content (AvgIpc) is 2.54. The number of nitrogens with one attached hydrogen (secondary N) is 1. The van der Waals surface area contributed by atoms with Crippen molar-refractivity contribution >= 4 is 17.6 Å². The van der Waals surface area contributed by atoms with E-state index in [9.17, 15) is 14.7 Å². The van der Waals surface area contributed by atoms with Crippen LogP contribution >= 0.6 is 0 Å². The first kappa shape index (κ1) is 19.8. The lowest BCUT2D eigenvalue weighted by Gasteiger charge is -2.15. The van der Waals surface area contributed by atoms with Crippen molar-refractivity contribution in [2.24, 2.45) is 0 Å². The van der Waals surface area contributed by atoms with Gasteiger partial charge in [0.2, 0.25) is 6.29 Å². The van der Waals surface area contributed by atoms with Crippen LogP contribution in [0.5, 0.6) is 5.75 Å². The summed E-state index contributed by atoms with van der Waals surface area (Å²) in [5, 5.41) is 12.6. The molecule has 0 aromatic heterocycles. The molecule has 134 valence electrons. The van der Waals surface area contributed by atoms with Gasteiger partial charge in [0, 0.05) is 26.1 Å². The van der Waals surface area contributed by atoms with E-state index in [0.717, 1.165) is 32.1 Å². The van der Waals surface area contributed by atoms with Crippen molar-refractivity contribution in [1.82, 2.24) is 0 Å². The first-order valence-corrected chi connectivity index (χ1v) is 8.39. The van der Waals surface area contributed by atoms with Crippen LogP contribution in [0, 0.1) is 0 Å². The number of carbonyl (C=O) groups excluding carboxylic acids is 2. The Kier molecular flexibility index (Phi) is 8.68. The number of benzene rings is 1. The van der Waals surface area contributed by atoms with E-state index in [4.69, 9.17) is 9.47 Å². The molecule has 0 aliphatic carbocycles. The van der Waals surface area contributed by atoms with Gasteiger partial charge in [-0.05, 0) is 24.6 Å². The number of phenols is 1. The van der Waals surface area contributed by atoms with Crippen LogP contribution in [0.3, 0.4) is 0 Å². The fourth-order valence-corrected chi connectivity index (χ4v) is 2.21. The number of esters is 2. The molecule has 0 saturated heterocycles. The Balaban J connectivity index is 2.42. The van der Waals surface area contributed by atoms with Gasteiger partial charge in [-0.15, -0.1) is 0 Å². The third-order valence-corrected chi connectivity index (χ3v) is 3.56. The molecule has 0 fully saturated rings. The van der Waals surface area contributed by atoms with Crippen molar-refractivity contribution in [2.75, 3.05) is 12.4 Å². The highest BCUT2D eigenvalue weighted by Gasteiger charge is 2.18. The van der Waals surface area contributed by atoms with Gasteiger partial charge in [-0.3, -0.25) is 4.79 Å². The molecule has 6 nitrogen and oxygen atoms in total. The van der Waals surface area contributed by atoms with E-state index in [-0.39, 0.29) is 17.3 Å². The number of carbonyl (C=O) groups is 2. The third kappa shape index (κ3) is 6.89. The lowest BCUT2D eigenvalue weighted by molar-refractivity contribution is -0.165. The lowest BCUT2D eigenvalue weighted by atomic mass is 10.1. The zero-order valence-electron chi connectivity index (χ0n) is 14.6. The zero-order valence-corrected chi connectivity index (χ0v) is 14.6. The van der Waals surface area contributed by atoms with E-state index in [1.807, 2.05) is 0 Å². The first-order chi connectivity index (χ1) is 11.5. The van der Waals surface area contributed by atoms with E-state index in [1.165, 1.54) is 19.1 Å². The summed E-state index contributed by atoms with van der Waals surface area (Å²) in [6, 6.07) is 4.50. The molecular formula is C18H27NO5. The van der Waals surface area contributed by atoms with Gasteiger partial charge in [-0.2, -0.15) is 0 Å². The average molecular weight is 337 g/mol. The lowest BCUT2D eigenvalue weighted by Crippen LogP contribution is -2.21. The standard InChI is InChI=1S/C18H27NO5/c1-4-5-6-7-8-9-17(21)23-13(2)24-18(22)15-12-14(19-3)10-11-16(15)20/h10-13,19-20H,4-9H2,1-3H3. The van der Waals surface area contributed by atoms with Gasteiger partial charge in [0.25, 0.3) is 0 Å². The van der Waals surface area contributed by atoms with Gasteiger partial charge in [-0.1, -0.05) is 32.6 Å². The Morgan fingerprint density at radius 1 is 1.17 bits per heavy atom. The predicted octanol–water partition coefficient (Wildman–Crippen LogP) is 3.84. The summed E-state index contributed by atoms with van der Waals surface area (Å²) in [4.78, 5) is 23.8. The van der Waals surface area contributed by atoms with Crippen LogP contribution in [0.2, 0.25) is 0 Å². The number of aromatic hydroxyl groups is 1. The van der Waals surface area contributed by atoms with Crippen LogP contribution in [0.4, 0.5) is 5.69 Å². The number of phenolic OH excluding ortho intramolecular Hbond substituents is 1. The first-order valence-electron chi connectivity index (χ1n) is 8.39. The molecule has 1 rings (SSSR count). The van der Waals surface area contributed by atoms with Gasteiger partial charge in [0.1, 0.15) is 11.3 Å². The van der Waals surface area contributed by atoms with Crippen molar-refractivity contribution in [1.29, 1.82) is 0 Å². The maximum atomic E-state index is 12.1. The fraction of sp³-hybridized carbons (Fsp3) is 0.556. The molecule has 1 unspecified atom stereocenters. The number of hydrogen-bond acceptors (Lipinski definition) is 6. The molecule has 0 bridgehead atoms. The van der Waals surface area contributed by atoms with E-state index in [2.05, 4.69) is 12.2 Å². The SMILES string of the molecule is CCCCCCCC(=O)OC(C)OC(=O)c1cc(NC)ccc1O. The van der Waals surface area contributed by atoms with E-state index < -0.39 is 12.3 Å². The largest absolute Gasteiger partial charge is 0.507 e. The molecule has 0 saturated carbocycles. The summed E-state index contributed by atoms with van der Waals surface area (Å²) in [6.45, 7) is 3.61. The number of unbranched alkanes of at least 4 members (excludes halogenated alkanes) is 4. The summed E-state index contributed by atoms with van der Waals surface area (Å²) in [6.07, 6.45) is 4.49. The molecule has 24 heavy (non-hydrogen) atoms. The predicted molar refractivity (Wildman–Crippen MR) is 92.0 cm³/mol. The maximum absolute atomic E-state index is 12.1. The van der Waals surface area contributed by atoms with Gasteiger partial charge in [0.05, 0.1) is 0 Å². The molecule has 0 amide bonds. The minimum atomic E-state index is -1.00. The molecule has 1 aromatic carbocycles. The van der Waals surface area contributed by atoms with Crippen LogP contribution < -0.4 is 5.32 Å². The number of rotatable bonds is 10. The van der Waals surface area contributed by atoms with Gasteiger partial charge < -0.3 is 19.9 Å². The van der Waals surface area contributed by atoms with Crippen molar-refractivity contribution in [3.05, 3.63) is 23.8 Å². The summed E-state index contributed by atoms with van der Waals surface area (Å²) in [7, 11) is 1.70. The smallest absolute Gasteiger partial charge is 0.345 e. The number of hydrogen-bond donors (Lipinski definition) is 2. The van der Waals surface area contributed by atoms with Crippen LogP contribution in [-0.4, -0.2) is 30.4 Å². The Bertz CT molecular complexity index is 544. The second kappa shape index (κ2) is 10.5. The quantitative estimate of drug-likeness (QED) is 0.292. The number of ether oxygens (including phenoxy) is 2. The minimum Gasteiger partial charge on any atom is -0.507 e. The highest BCUT2D eigenvalue weighted by Crippen LogP contribution is 2.22. The topological polar surface area (TPSA) is 84.9 Å². The number of anilines is 1. The van der Waals surface area contributed by atoms with Gasteiger partial charge in [0.15, 0.2) is 0 Å². The summed E-state index contributed by atoms with van der Waals surface area (Å²) in [5.74, 6) is -1.32. The minimum absolute atomic E-state index is 0.0179. The second-order valence-corrected chi connectivity index (χ2v) is 5.61. The molecule has 1 atom stereocenters. The van der Waals surface area contributed by atoms with Crippen LogP contribution in [0.15, 0.2) is 18.2 Å². The van der Waals surface area contributed by atoms with Crippen LogP contribution in [0.25, 0.3) is 0 Å². The summed E-state index contributed by atoms with van der Waals surface area (Å²) < 4.78 is 10.1. The molecule has 0 heterocycles. The van der Waals surface area contributed by atoms with Crippen molar-refractivity contribution in [2.45, 2.75) is 58.7 Å². The normalized spacial score (nSPS) is 11.6. The molecule has 0 radical (unpaired) electrons. The van der Waals surface area contributed by atoms with E-state index >= 15 is 0 Å². The van der Waals surface area contributed by atoms with Crippen LogP contribution in [-0.2, 0) is 14.3 Å².